The normalized spacial score (nSPS) is 14.0. The fraction of sp³-hybridized carbons (Fsp3) is 0.111. The molecule has 0 unspecified atom stereocenters. The molecular weight excluding hydrogens is 122 g/mol. The van der Waals surface area contributed by atoms with Crippen molar-refractivity contribution in [2.24, 2.45) is 0 Å². The van der Waals surface area contributed by atoms with E-state index in [1.54, 1.807) is 0 Å². The van der Waals surface area contributed by atoms with Crippen LogP contribution < -0.4 is 5.32 Å². The first-order valence-corrected chi connectivity index (χ1v) is 3.29. The van der Waals surface area contributed by atoms with Crippen molar-refractivity contribution in [3.8, 4) is 0 Å². The van der Waals surface area contributed by atoms with Gasteiger partial charge < -0.3 is 0 Å². The van der Waals surface area contributed by atoms with Crippen LogP contribution in [0.5, 0.6) is 0 Å². The highest BCUT2D eigenvalue weighted by atomic mass is 14.8. The molecule has 1 aromatic carbocycles. The monoisotopic (exact) mass is 129 g/mol. The molecule has 1 aliphatic heterocycles. The molecule has 0 amide bonds. The van der Waals surface area contributed by atoms with Gasteiger partial charge in [0, 0.05) is 6.20 Å². The molecule has 1 heterocycles. The van der Waals surface area contributed by atoms with Gasteiger partial charge in [0.2, 0.25) is 0 Å². The van der Waals surface area contributed by atoms with Crippen LogP contribution in [0.15, 0.2) is 24.4 Å². The molecule has 0 saturated carbocycles. The van der Waals surface area contributed by atoms with E-state index in [0.717, 1.165) is 6.54 Å². The van der Waals surface area contributed by atoms with Crippen LogP contribution >= 0.6 is 0 Å². The summed E-state index contributed by atoms with van der Waals surface area (Å²) in [5, 5.41) is 4.12. The van der Waals surface area contributed by atoms with Gasteiger partial charge in [-0.25, -0.2) is 0 Å². The Kier molecular flexibility index (Phi) is 1.21. The predicted molar refractivity (Wildman–Crippen MR) is 40.2 cm³/mol. The average molecular weight is 129 g/mol. The van der Waals surface area contributed by atoms with Crippen LogP contribution in [0, 0.1) is 6.07 Å². The largest absolute Gasteiger partial charge is 0.288 e. The predicted octanol–water partition coefficient (Wildman–Crippen LogP) is 1.58. The fourth-order valence-corrected chi connectivity index (χ4v) is 1.06. The van der Waals surface area contributed by atoms with Gasteiger partial charge in [0.15, 0.2) is 0 Å². The van der Waals surface area contributed by atoms with Crippen molar-refractivity contribution in [3.05, 3.63) is 41.6 Å². The number of nitrogens with zero attached hydrogens (tertiary/aromatic N) is 1. The molecule has 1 nitrogen and oxygen atoms in total. The summed E-state index contributed by atoms with van der Waals surface area (Å²) in [6.45, 7) is 0.820. The molecule has 0 aliphatic carbocycles. The van der Waals surface area contributed by atoms with Gasteiger partial charge in [-0.1, -0.05) is 12.1 Å². The second kappa shape index (κ2) is 2.18. The maximum absolute atomic E-state index is 4.12. The second-order valence-corrected chi connectivity index (χ2v) is 2.28. The van der Waals surface area contributed by atoms with Crippen LogP contribution in [-0.4, -0.2) is 0 Å². The summed E-state index contributed by atoms with van der Waals surface area (Å²) in [6.07, 6.45) is 3.85. The third-order valence-electron chi connectivity index (χ3n) is 1.61. The molecule has 48 valence electrons. The highest BCUT2D eigenvalue weighted by Gasteiger charge is 2.00. The Morgan fingerprint density at radius 3 is 3.40 bits per heavy atom. The molecule has 0 aromatic heterocycles. The second-order valence-electron chi connectivity index (χ2n) is 2.28. The Bertz CT molecular complexity index is 263. The van der Waals surface area contributed by atoms with Crippen LogP contribution in [0.4, 0.5) is 0 Å². The molecule has 2 rings (SSSR count). The molecule has 2 radical (unpaired) electrons. The minimum Gasteiger partial charge on any atom is -0.288 e. The Labute approximate surface area is 60.4 Å². The highest BCUT2D eigenvalue weighted by molar-refractivity contribution is 5.54. The SMILES string of the molecule is [c]1ccc2c(c1)C=C[N]C2. The minimum atomic E-state index is 0.820. The van der Waals surface area contributed by atoms with Gasteiger partial charge in [-0.2, -0.15) is 0 Å². The van der Waals surface area contributed by atoms with Crippen LogP contribution in [0.2, 0.25) is 0 Å². The topological polar surface area (TPSA) is 14.1 Å². The molecule has 0 saturated heterocycles. The van der Waals surface area contributed by atoms with Gasteiger partial charge >= 0.3 is 0 Å². The Hall–Kier alpha value is -1.24. The van der Waals surface area contributed by atoms with E-state index in [1.165, 1.54) is 11.1 Å². The number of fused-ring (bicyclic) bond motifs is 1. The number of rotatable bonds is 0. The van der Waals surface area contributed by atoms with E-state index < -0.39 is 0 Å². The van der Waals surface area contributed by atoms with Gasteiger partial charge in [0.1, 0.15) is 0 Å². The lowest BCUT2D eigenvalue weighted by atomic mass is 10.1. The van der Waals surface area contributed by atoms with Crippen LogP contribution in [0.3, 0.4) is 0 Å². The van der Waals surface area contributed by atoms with E-state index in [2.05, 4.69) is 17.4 Å². The van der Waals surface area contributed by atoms with Crippen molar-refractivity contribution < 1.29 is 0 Å². The standard InChI is InChI=1S/C9H7N/c1-2-4-9-7-10-6-5-8(9)3-1/h2-6H,7H2. The fourth-order valence-electron chi connectivity index (χ4n) is 1.06. The van der Waals surface area contributed by atoms with Crippen molar-refractivity contribution in [2.75, 3.05) is 0 Å². The summed E-state index contributed by atoms with van der Waals surface area (Å²) in [7, 11) is 0. The first kappa shape index (κ1) is 5.54. The zero-order valence-corrected chi connectivity index (χ0v) is 5.54. The van der Waals surface area contributed by atoms with Crippen molar-refractivity contribution in [3.63, 3.8) is 0 Å². The lowest BCUT2D eigenvalue weighted by Gasteiger charge is -2.07. The molecule has 1 aromatic rings. The number of hydrogen-bond donors (Lipinski definition) is 0. The molecule has 0 fully saturated rings. The minimum absolute atomic E-state index is 0.820. The quantitative estimate of drug-likeness (QED) is 0.505. The Morgan fingerprint density at radius 1 is 1.50 bits per heavy atom. The van der Waals surface area contributed by atoms with Gasteiger partial charge in [-0.05, 0) is 29.3 Å². The van der Waals surface area contributed by atoms with Crippen LogP contribution in [0.25, 0.3) is 6.08 Å². The summed E-state index contributed by atoms with van der Waals surface area (Å²) < 4.78 is 0. The van der Waals surface area contributed by atoms with Crippen LogP contribution in [-0.2, 0) is 6.54 Å². The molecule has 0 N–H and O–H groups in total. The first-order chi connectivity index (χ1) is 4.97. The van der Waals surface area contributed by atoms with E-state index in [4.69, 9.17) is 0 Å². The first-order valence-electron chi connectivity index (χ1n) is 3.29. The highest BCUT2D eigenvalue weighted by Crippen LogP contribution is 2.13. The van der Waals surface area contributed by atoms with Gasteiger partial charge in [-0.3, -0.25) is 5.32 Å². The van der Waals surface area contributed by atoms with Gasteiger partial charge in [-0.15, -0.1) is 0 Å². The summed E-state index contributed by atoms with van der Waals surface area (Å²) >= 11 is 0. The lowest BCUT2D eigenvalue weighted by Crippen LogP contribution is -2.02. The van der Waals surface area contributed by atoms with E-state index in [-0.39, 0.29) is 0 Å². The number of hydrogen-bond acceptors (Lipinski definition) is 0. The Balaban J connectivity index is 2.54. The summed E-state index contributed by atoms with van der Waals surface area (Å²) in [5.41, 5.74) is 2.54. The van der Waals surface area contributed by atoms with Crippen molar-refractivity contribution in [2.45, 2.75) is 6.54 Å². The van der Waals surface area contributed by atoms with Crippen molar-refractivity contribution in [1.29, 1.82) is 0 Å². The zero-order valence-electron chi connectivity index (χ0n) is 5.54. The average Bonchev–Trinajstić information content (AvgIpc) is 2.05. The van der Waals surface area contributed by atoms with E-state index in [0.29, 0.717) is 0 Å². The van der Waals surface area contributed by atoms with Gasteiger partial charge in [0.25, 0.3) is 0 Å². The molecule has 1 heteroatoms. The maximum Gasteiger partial charge on any atom is 0.0645 e. The van der Waals surface area contributed by atoms with Gasteiger partial charge in [0.05, 0.1) is 6.54 Å². The maximum atomic E-state index is 4.12. The van der Waals surface area contributed by atoms with E-state index in [9.17, 15) is 0 Å². The molecule has 10 heavy (non-hydrogen) atoms. The molecular formula is C9H7N. The smallest absolute Gasteiger partial charge is 0.0645 e. The summed E-state index contributed by atoms with van der Waals surface area (Å²) in [6, 6.07) is 9.00. The Morgan fingerprint density at radius 2 is 2.50 bits per heavy atom. The summed E-state index contributed by atoms with van der Waals surface area (Å²) in [5.74, 6) is 0. The third-order valence-corrected chi connectivity index (χ3v) is 1.61. The van der Waals surface area contributed by atoms with Crippen molar-refractivity contribution in [1.82, 2.24) is 5.32 Å². The molecule has 0 atom stereocenters. The molecule has 0 bridgehead atoms. The van der Waals surface area contributed by atoms with E-state index >= 15 is 0 Å². The van der Waals surface area contributed by atoms with E-state index in [1.807, 2.05) is 24.4 Å². The number of benzene rings is 1. The lowest BCUT2D eigenvalue weighted by molar-refractivity contribution is 0.842. The molecule has 1 aliphatic rings. The zero-order chi connectivity index (χ0) is 6.81. The summed E-state index contributed by atoms with van der Waals surface area (Å²) in [4.78, 5) is 0. The molecule has 0 spiro atoms. The van der Waals surface area contributed by atoms with Crippen LogP contribution in [0.1, 0.15) is 11.1 Å². The third kappa shape index (κ3) is 0.798. The van der Waals surface area contributed by atoms with Crippen molar-refractivity contribution >= 4 is 6.08 Å².